The average molecular weight is 458 g/mol. The van der Waals surface area contributed by atoms with Gasteiger partial charge in [0.1, 0.15) is 5.82 Å². The summed E-state index contributed by atoms with van der Waals surface area (Å²) in [6.45, 7) is 5.78. The SMILES string of the molecule is CN=C(NCCC(C)C)NCc1cc(F)cc(Br)c1.I. The van der Waals surface area contributed by atoms with Gasteiger partial charge in [-0.05, 0) is 36.1 Å². The summed E-state index contributed by atoms with van der Waals surface area (Å²) in [5.74, 6) is 1.15. The number of aliphatic imine (C=N–C) groups is 1. The molecule has 0 aliphatic carbocycles. The number of guanidine groups is 1. The molecular formula is C14H22BrFIN3. The van der Waals surface area contributed by atoms with E-state index in [1.165, 1.54) is 12.1 Å². The number of benzene rings is 1. The van der Waals surface area contributed by atoms with Crippen LogP contribution in [0.3, 0.4) is 0 Å². The van der Waals surface area contributed by atoms with Crippen LogP contribution in [0.2, 0.25) is 0 Å². The van der Waals surface area contributed by atoms with Crippen molar-refractivity contribution in [3.63, 3.8) is 0 Å². The summed E-state index contributed by atoms with van der Waals surface area (Å²) in [5, 5.41) is 6.40. The lowest BCUT2D eigenvalue weighted by atomic mass is 10.1. The largest absolute Gasteiger partial charge is 0.356 e. The van der Waals surface area contributed by atoms with E-state index in [1.807, 2.05) is 6.07 Å². The maximum absolute atomic E-state index is 13.2. The summed E-state index contributed by atoms with van der Waals surface area (Å²) in [5.41, 5.74) is 0.874. The van der Waals surface area contributed by atoms with Crippen molar-refractivity contribution >= 4 is 45.9 Å². The Bertz CT molecular complexity index is 418. The van der Waals surface area contributed by atoms with Gasteiger partial charge in [-0.1, -0.05) is 29.8 Å². The minimum atomic E-state index is -0.242. The molecule has 0 saturated heterocycles. The molecule has 1 aromatic carbocycles. The lowest BCUT2D eigenvalue weighted by Crippen LogP contribution is -2.37. The molecule has 0 radical (unpaired) electrons. The third-order valence-corrected chi connectivity index (χ3v) is 3.08. The highest BCUT2D eigenvalue weighted by Crippen LogP contribution is 2.14. The number of halogens is 3. The van der Waals surface area contributed by atoms with Crippen LogP contribution in [0.25, 0.3) is 0 Å². The van der Waals surface area contributed by atoms with E-state index in [2.05, 4.69) is 45.4 Å². The minimum Gasteiger partial charge on any atom is -0.356 e. The van der Waals surface area contributed by atoms with Gasteiger partial charge in [0.15, 0.2) is 5.96 Å². The Kier molecular flexibility index (Phi) is 10.2. The fraction of sp³-hybridized carbons (Fsp3) is 0.500. The second-order valence-corrected chi connectivity index (χ2v) is 5.73. The van der Waals surface area contributed by atoms with E-state index in [1.54, 1.807) is 7.05 Å². The molecule has 0 heterocycles. The molecule has 114 valence electrons. The van der Waals surface area contributed by atoms with Crippen LogP contribution in [0, 0.1) is 11.7 Å². The Balaban J connectivity index is 0.00000361. The summed E-state index contributed by atoms with van der Waals surface area (Å²) in [4.78, 5) is 4.13. The number of hydrogen-bond acceptors (Lipinski definition) is 1. The summed E-state index contributed by atoms with van der Waals surface area (Å²) < 4.78 is 14.0. The molecule has 1 aromatic rings. The van der Waals surface area contributed by atoms with Crippen LogP contribution < -0.4 is 10.6 Å². The van der Waals surface area contributed by atoms with E-state index < -0.39 is 0 Å². The monoisotopic (exact) mass is 457 g/mol. The Labute approximate surface area is 146 Å². The summed E-state index contributed by atoms with van der Waals surface area (Å²) >= 11 is 3.28. The zero-order valence-corrected chi connectivity index (χ0v) is 16.0. The Morgan fingerprint density at radius 2 is 2.00 bits per heavy atom. The summed E-state index contributed by atoms with van der Waals surface area (Å²) in [6.07, 6.45) is 1.09. The molecule has 0 bridgehead atoms. The van der Waals surface area contributed by atoms with Crippen molar-refractivity contribution in [3.05, 3.63) is 34.1 Å². The molecular weight excluding hydrogens is 436 g/mol. The van der Waals surface area contributed by atoms with Gasteiger partial charge in [0.05, 0.1) is 0 Å². The number of nitrogens with zero attached hydrogens (tertiary/aromatic N) is 1. The van der Waals surface area contributed by atoms with Crippen molar-refractivity contribution in [2.45, 2.75) is 26.8 Å². The zero-order valence-electron chi connectivity index (χ0n) is 12.0. The molecule has 0 saturated carbocycles. The fourth-order valence-corrected chi connectivity index (χ4v) is 2.11. The van der Waals surface area contributed by atoms with Gasteiger partial charge in [-0.15, -0.1) is 24.0 Å². The van der Waals surface area contributed by atoms with Gasteiger partial charge in [0.25, 0.3) is 0 Å². The highest BCUT2D eigenvalue weighted by atomic mass is 127. The molecule has 0 spiro atoms. The second kappa shape index (κ2) is 10.4. The van der Waals surface area contributed by atoms with Gasteiger partial charge in [-0.3, -0.25) is 4.99 Å². The molecule has 1 rings (SSSR count). The number of hydrogen-bond donors (Lipinski definition) is 2. The number of rotatable bonds is 5. The Hall–Kier alpha value is -0.370. The van der Waals surface area contributed by atoms with Crippen molar-refractivity contribution in [1.82, 2.24) is 10.6 Å². The normalized spacial score (nSPS) is 11.2. The van der Waals surface area contributed by atoms with Crippen molar-refractivity contribution in [2.75, 3.05) is 13.6 Å². The Morgan fingerprint density at radius 3 is 2.55 bits per heavy atom. The predicted octanol–water partition coefficient (Wildman–Crippen LogP) is 3.92. The van der Waals surface area contributed by atoms with Crippen molar-refractivity contribution in [1.29, 1.82) is 0 Å². The minimum absolute atomic E-state index is 0. The van der Waals surface area contributed by atoms with Crippen LogP contribution in [0.5, 0.6) is 0 Å². The molecule has 0 aliphatic rings. The Morgan fingerprint density at radius 1 is 1.30 bits per heavy atom. The smallest absolute Gasteiger partial charge is 0.191 e. The van der Waals surface area contributed by atoms with Crippen LogP contribution in [0.15, 0.2) is 27.7 Å². The topological polar surface area (TPSA) is 36.4 Å². The zero-order chi connectivity index (χ0) is 14.3. The lowest BCUT2D eigenvalue weighted by molar-refractivity contribution is 0.573. The van der Waals surface area contributed by atoms with E-state index in [4.69, 9.17) is 0 Å². The third kappa shape index (κ3) is 8.04. The maximum atomic E-state index is 13.2. The fourth-order valence-electron chi connectivity index (χ4n) is 1.60. The van der Waals surface area contributed by atoms with E-state index in [9.17, 15) is 4.39 Å². The predicted molar refractivity (Wildman–Crippen MR) is 97.2 cm³/mol. The first-order chi connectivity index (χ1) is 9.01. The molecule has 3 nitrogen and oxygen atoms in total. The molecule has 0 atom stereocenters. The first-order valence-corrected chi connectivity index (χ1v) is 7.20. The van der Waals surface area contributed by atoms with Gasteiger partial charge in [-0.25, -0.2) is 4.39 Å². The van der Waals surface area contributed by atoms with Crippen LogP contribution in [0.4, 0.5) is 4.39 Å². The van der Waals surface area contributed by atoms with Crippen LogP contribution in [-0.2, 0) is 6.54 Å². The molecule has 0 fully saturated rings. The van der Waals surface area contributed by atoms with Crippen LogP contribution >= 0.6 is 39.9 Å². The van der Waals surface area contributed by atoms with Crippen molar-refractivity contribution in [3.8, 4) is 0 Å². The van der Waals surface area contributed by atoms with Crippen LogP contribution in [-0.4, -0.2) is 19.6 Å². The van der Waals surface area contributed by atoms with E-state index in [-0.39, 0.29) is 29.8 Å². The van der Waals surface area contributed by atoms with Gasteiger partial charge >= 0.3 is 0 Å². The van der Waals surface area contributed by atoms with Gasteiger partial charge in [0.2, 0.25) is 0 Å². The molecule has 20 heavy (non-hydrogen) atoms. The van der Waals surface area contributed by atoms with E-state index in [0.29, 0.717) is 12.5 Å². The van der Waals surface area contributed by atoms with E-state index >= 15 is 0 Å². The van der Waals surface area contributed by atoms with Crippen molar-refractivity contribution < 1.29 is 4.39 Å². The number of nitrogens with one attached hydrogen (secondary N) is 2. The second-order valence-electron chi connectivity index (χ2n) is 4.81. The lowest BCUT2D eigenvalue weighted by Gasteiger charge is -2.13. The van der Waals surface area contributed by atoms with Crippen LogP contribution in [0.1, 0.15) is 25.8 Å². The molecule has 0 aliphatic heterocycles. The average Bonchev–Trinajstić information content (AvgIpc) is 2.32. The first kappa shape index (κ1) is 19.6. The molecule has 0 aromatic heterocycles. The summed E-state index contributed by atoms with van der Waals surface area (Å²) in [7, 11) is 1.73. The quantitative estimate of drug-likeness (QED) is 0.399. The van der Waals surface area contributed by atoms with Gasteiger partial charge in [0, 0.05) is 24.6 Å². The molecule has 6 heteroatoms. The van der Waals surface area contributed by atoms with E-state index in [0.717, 1.165) is 29.0 Å². The molecule has 2 N–H and O–H groups in total. The standard InChI is InChI=1S/C14H21BrFN3.HI/c1-10(2)4-5-18-14(17-3)19-9-11-6-12(15)8-13(16)7-11;/h6-8,10H,4-5,9H2,1-3H3,(H2,17,18,19);1H. The molecule has 0 amide bonds. The van der Waals surface area contributed by atoms with Gasteiger partial charge < -0.3 is 10.6 Å². The highest BCUT2D eigenvalue weighted by molar-refractivity contribution is 14.0. The summed E-state index contributed by atoms with van der Waals surface area (Å²) in [6, 6.07) is 4.84. The molecule has 0 unspecified atom stereocenters. The maximum Gasteiger partial charge on any atom is 0.191 e. The van der Waals surface area contributed by atoms with Gasteiger partial charge in [-0.2, -0.15) is 0 Å². The third-order valence-electron chi connectivity index (χ3n) is 2.62. The highest BCUT2D eigenvalue weighted by Gasteiger charge is 2.02. The van der Waals surface area contributed by atoms with Crippen molar-refractivity contribution in [2.24, 2.45) is 10.9 Å². The first-order valence-electron chi connectivity index (χ1n) is 6.40.